The summed E-state index contributed by atoms with van der Waals surface area (Å²) in [5, 5.41) is 15.6. The van der Waals surface area contributed by atoms with Crippen LogP contribution in [0.4, 0.5) is 4.79 Å². The molecule has 1 aliphatic carbocycles. The average molecular weight is 686 g/mol. The number of phenolic OH excluding ortho intramolecular Hbond substituents is 1. The van der Waals surface area contributed by atoms with Crippen molar-refractivity contribution < 1.29 is 33.8 Å². The maximum absolute atomic E-state index is 14.9. The number of esters is 1. The Morgan fingerprint density at radius 1 is 0.740 bits per heavy atom. The zero-order valence-electron chi connectivity index (χ0n) is 30.4. The molecule has 3 N–H and O–H groups in total. The molecule has 268 valence electrons. The highest BCUT2D eigenvalue weighted by Gasteiger charge is 2.45. The number of alkyl carbamates (subject to hydrolysis) is 1. The number of benzene rings is 3. The molecule has 1 aliphatic rings. The first kappa shape index (κ1) is 38.0. The van der Waals surface area contributed by atoms with E-state index >= 15 is 0 Å². The van der Waals surface area contributed by atoms with Crippen molar-refractivity contribution in [1.29, 1.82) is 0 Å². The summed E-state index contributed by atoms with van der Waals surface area (Å²) in [7, 11) is 0. The topological polar surface area (TPSA) is 134 Å². The number of aromatic hydroxyl groups is 1. The first-order valence-corrected chi connectivity index (χ1v) is 17.1. The van der Waals surface area contributed by atoms with Gasteiger partial charge in [0.05, 0.1) is 0 Å². The van der Waals surface area contributed by atoms with E-state index in [9.17, 15) is 24.3 Å². The van der Waals surface area contributed by atoms with Crippen molar-refractivity contribution in [2.45, 2.75) is 116 Å². The lowest BCUT2D eigenvalue weighted by atomic mass is 9.92. The van der Waals surface area contributed by atoms with Crippen LogP contribution in [0.2, 0.25) is 0 Å². The zero-order valence-corrected chi connectivity index (χ0v) is 30.4. The molecule has 3 atom stereocenters. The number of nitrogens with one attached hydrogen (secondary N) is 2. The summed E-state index contributed by atoms with van der Waals surface area (Å²) in [4.78, 5) is 58.0. The maximum atomic E-state index is 14.9. The van der Waals surface area contributed by atoms with Gasteiger partial charge < -0.3 is 30.1 Å². The summed E-state index contributed by atoms with van der Waals surface area (Å²) in [6.45, 7) is 14.3. The summed E-state index contributed by atoms with van der Waals surface area (Å²) >= 11 is 0. The third-order valence-electron chi connectivity index (χ3n) is 8.19. The van der Waals surface area contributed by atoms with Crippen molar-refractivity contribution in [3.05, 3.63) is 101 Å². The van der Waals surface area contributed by atoms with Gasteiger partial charge in [-0.15, -0.1) is 0 Å². The van der Waals surface area contributed by atoms with Crippen LogP contribution in [0, 0.1) is 13.8 Å². The minimum absolute atomic E-state index is 0.0677. The van der Waals surface area contributed by atoms with Gasteiger partial charge in [0.1, 0.15) is 35.1 Å². The molecule has 4 rings (SSSR count). The Balaban J connectivity index is 1.78. The highest BCUT2D eigenvalue weighted by Crippen LogP contribution is 2.38. The van der Waals surface area contributed by atoms with E-state index in [1.807, 2.05) is 62.4 Å². The third kappa shape index (κ3) is 10.8. The van der Waals surface area contributed by atoms with Crippen LogP contribution in [0.25, 0.3) is 0 Å². The summed E-state index contributed by atoms with van der Waals surface area (Å²) in [6, 6.07) is 17.9. The summed E-state index contributed by atoms with van der Waals surface area (Å²) in [6.07, 6.45) is 0.821. The van der Waals surface area contributed by atoms with Crippen molar-refractivity contribution in [1.82, 2.24) is 15.5 Å². The van der Waals surface area contributed by atoms with Crippen molar-refractivity contribution in [3.8, 4) is 5.75 Å². The monoisotopic (exact) mass is 685 g/mol. The third-order valence-corrected chi connectivity index (χ3v) is 8.19. The SMILES string of the molecule is Cc1cccc(C)c1C(C(=O)NC(Cc1ccccc1)C(=O)OC(C)(C)C)N(C(=O)C(Cc1ccc(O)cc1)NC(=O)OC(C)(C)C)C1CC1. The number of amides is 3. The average Bonchev–Trinajstić information content (AvgIpc) is 3.85. The maximum Gasteiger partial charge on any atom is 0.408 e. The van der Waals surface area contributed by atoms with E-state index in [1.165, 1.54) is 12.1 Å². The highest BCUT2D eigenvalue weighted by molar-refractivity contribution is 5.95. The van der Waals surface area contributed by atoms with Gasteiger partial charge in [-0.25, -0.2) is 9.59 Å². The predicted molar refractivity (Wildman–Crippen MR) is 191 cm³/mol. The molecule has 0 radical (unpaired) electrons. The van der Waals surface area contributed by atoms with Gasteiger partial charge >= 0.3 is 12.1 Å². The number of hydrogen-bond acceptors (Lipinski definition) is 7. The number of carbonyl (C=O) groups is 4. The second kappa shape index (κ2) is 15.8. The van der Waals surface area contributed by atoms with E-state index < -0.39 is 53.2 Å². The molecule has 0 aliphatic heterocycles. The first-order chi connectivity index (χ1) is 23.4. The van der Waals surface area contributed by atoms with Gasteiger partial charge in [0, 0.05) is 18.9 Å². The molecule has 3 amide bonds. The number of ether oxygens (including phenoxy) is 2. The highest BCUT2D eigenvalue weighted by atomic mass is 16.6. The van der Waals surface area contributed by atoms with E-state index in [0.29, 0.717) is 24.0 Å². The fourth-order valence-corrected chi connectivity index (χ4v) is 5.89. The van der Waals surface area contributed by atoms with E-state index in [1.54, 1.807) is 58.6 Å². The molecule has 50 heavy (non-hydrogen) atoms. The molecule has 3 aromatic rings. The number of hydrogen-bond donors (Lipinski definition) is 3. The molecular weight excluding hydrogens is 634 g/mol. The lowest BCUT2D eigenvalue weighted by Gasteiger charge is -2.36. The minimum Gasteiger partial charge on any atom is -0.508 e. The van der Waals surface area contributed by atoms with Crippen molar-refractivity contribution in [2.75, 3.05) is 0 Å². The molecule has 3 unspecified atom stereocenters. The number of nitrogens with zero attached hydrogens (tertiary/aromatic N) is 1. The van der Waals surface area contributed by atoms with Crippen LogP contribution in [0.15, 0.2) is 72.8 Å². The van der Waals surface area contributed by atoms with Crippen molar-refractivity contribution >= 4 is 23.9 Å². The van der Waals surface area contributed by atoms with Gasteiger partial charge in [0.25, 0.3) is 0 Å². The number of carbonyl (C=O) groups excluding carboxylic acids is 4. The quantitative estimate of drug-likeness (QED) is 0.192. The Labute approximate surface area is 295 Å². The Morgan fingerprint density at radius 3 is 1.82 bits per heavy atom. The Hall–Kier alpha value is -4.86. The predicted octanol–water partition coefficient (Wildman–Crippen LogP) is 6.25. The van der Waals surface area contributed by atoms with Crippen molar-refractivity contribution in [3.63, 3.8) is 0 Å². The Morgan fingerprint density at radius 2 is 1.28 bits per heavy atom. The zero-order chi connectivity index (χ0) is 36.8. The van der Waals surface area contributed by atoms with Gasteiger partial charge in [-0.05, 0) is 108 Å². The normalized spacial score (nSPS) is 14.9. The van der Waals surface area contributed by atoms with Gasteiger partial charge in [0.2, 0.25) is 11.8 Å². The molecule has 0 bridgehead atoms. The second-order valence-corrected chi connectivity index (χ2v) is 15.0. The van der Waals surface area contributed by atoms with E-state index in [0.717, 1.165) is 16.7 Å². The van der Waals surface area contributed by atoms with Gasteiger partial charge in [-0.1, -0.05) is 60.7 Å². The Kier molecular flexibility index (Phi) is 12.0. The number of rotatable bonds is 12. The summed E-state index contributed by atoms with van der Waals surface area (Å²) in [5.74, 6) is -1.52. The van der Waals surface area contributed by atoms with E-state index in [2.05, 4.69) is 10.6 Å². The molecule has 3 aromatic carbocycles. The number of aryl methyl sites for hydroxylation is 2. The molecule has 10 nitrogen and oxygen atoms in total. The largest absolute Gasteiger partial charge is 0.508 e. The van der Waals surface area contributed by atoms with E-state index in [4.69, 9.17) is 9.47 Å². The lowest BCUT2D eigenvalue weighted by molar-refractivity contribution is -0.159. The fraction of sp³-hybridized carbons (Fsp3) is 0.450. The van der Waals surface area contributed by atoms with Crippen LogP contribution < -0.4 is 10.6 Å². The standard InChI is InChI=1S/C40H51N3O7/c1-25-13-12-14-26(2)33(25)34(35(45)41-32(37(47)49-39(3,4)5)24-27-15-10-9-11-16-27)43(29-19-20-29)36(46)31(42-38(48)50-40(6,7)8)23-28-17-21-30(44)22-18-28/h9-18,21-22,29,31-32,34,44H,19-20,23-24H2,1-8H3,(H,41,45)(H,42,48). The molecule has 0 saturated heterocycles. The molecule has 1 saturated carbocycles. The summed E-state index contributed by atoms with van der Waals surface area (Å²) in [5.41, 5.74) is 2.16. The fourth-order valence-electron chi connectivity index (χ4n) is 5.89. The van der Waals surface area contributed by atoms with E-state index in [-0.39, 0.29) is 24.6 Å². The minimum atomic E-state index is -1.13. The summed E-state index contributed by atoms with van der Waals surface area (Å²) < 4.78 is 11.3. The lowest BCUT2D eigenvalue weighted by Crippen LogP contribution is -2.56. The second-order valence-electron chi connectivity index (χ2n) is 15.0. The number of phenols is 1. The first-order valence-electron chi connectivity index (χ1n) is 17.1. The molecular formula is C40H51N3O7. The molecule has 0 spiro atoms. The van der Waals surface area contributed by atoms with Crippen LogP contribution in [0.3, 0.4) is 0 Å². The Bertz CT molecular complexity index is 1630. The molecule has 10 heteroatoms. The van der Waals surface area contributed by atoms with Gasteiger partial charge in [0.15, 0.2) is 0 Å². The molecule has 0 aromatic heterocycles. The molecule has 1 fully saturated rings. The van der Waals surface area contributed by atoms with Gasteiger partial charge in [-0.2, -0.15) is 0 Å². The van der Waals surface area contributed by atoms with Crippen LogP contribution >= 0.6 is 0 Å². The van der Waals surface area contributed by atoms with Gasteiger partial charge in [-0.3, -0.25) is 9.59 Å². The van der Waals surface area contributed by atoms with Crippen LogP contribution in [0.5, 0.6) is 5.75 Å². The van der Waals surface area contributed by atoms with Crippen LogP contribution in [-0.4, -0.2) is 63.2 Å². The smallest absolute Gasteiger partial charge is 0.408 e. The van der Waals surface area contributed by atoms with Crippen molar-refractivity contribution in [2.24, 2.45) is 0 Å². The van der Waals surface area contributed by atoms with Crippen LogP contribution in [0.1, 0.15) is 88.2 Å². The molecule has 0 heterocycles. The van der Waals surface area contributed by atoms with Crippen LogP contribution in [-0.2, 0) is 36.7 Å².